The molecule has 0 bridgehead atoms. The molecule has 5 nitrogen and oxygen atoms in total. The molecule has 130 valence electrons. The fourth-order valence-electron chi connectivity index (χ4n) is 3.24. The fourth-order valence-corrected chi connectivity index (χ4v) is 4.10. The van der Waals surface area contributed by atoms with Gasteiger partial charge >= 0.3 is 0 Å². The van der Waals surface area contributed by atoms with Crippen molar-refractivity contribution in [2.45, 2.75) is 39.3 Å². The first kappa shape index (κ1) is 17.2. The molecule has 1 atom stereocenters. The minimum Gasteiger partial charge on any atom is -0.364 e. The maximum atomic E-state index is 12.3. The second-order valence-corrected chi connectivity index (χ2v) is 7.48. The van der Waals surface area contributed by atoms with Crippen LogP contribution in [0.25, 0.3) is 0 Å². The second-order valence-electron chi connectivity index (χ2n) is 6.50. The largest absolute Gasteiger partial charge is 0.364 e. The average Bonchev–Trinajstić information content (AvgIpc) is 3.12. The van der Waals surface area contributed by atoms with E-state index in [1.807, 2.05) is 6.92 Å². The highest BCUT2D eigenvalue weighted by atomic mass is 32.1. The van der Waals surface area contributed by atoms with Crippen LogP contribution in [0, 0.1) is 5.92 Å². The number of aryl methyl sites for hydroxylation is 1. The number of hydrogen-bond donors (Lipinski definition) is 1. The number of aromatic nitrogens is 2. The average molecular weight is 347 g/mol. The Hall–Kier alpha value is -1.66. The summed E-state index contributed by atoms with van der Waals surface area (Å²) in [7, 11) is 0. The van der Waals surface area contributed by atoms with E-state index in [0.29, 0.717) is 24.9 Å². The van der Waals surface area contributed by atoms with E-state index in [4.69, 9.17) is 0 Å². The zero-order valence-electron chi connectivity index (χ0n) is 14.4. The summed E-state index contributed by atoms with van der Waals surface area (Å²) in [5, 5.41) is 5.43. The molecule has 0 aromatic carbocycles. The highest BCUT2D eigenvalue weighted by Crippen LogP contribution is 2.29. The van der Waals surface area contributed by atoms with Crippen molar-refractivity contribution in [3.8, 4) is 0 Å². The van der Waals surface area contributed by atoms with E-state index in [0.717, 1.165) is 19.0 Å². The predicted molar refractivity (Wildman–Crippen MR) is 99.7 cm³/mol. The Bertz CT molecular complexity index is 689. The van der Waals surface area contributed by atoms with Crippen LogP contribution in [-0.2, 0) is 6.54 Å². The van der Waals surface area contributed by atoms with Crippen molar-refractivity contribution in [1.82, 2.24) is 14.5 Å². The first-order valence-electron chi connectivity index (χ1n) is 8.75. The lowest BCUT2D eigenvalue weighted by molar-refractivity contribution is 0.145. The lowest BCUT2D eigenvalue weighted by Gasteiger charge is -2.36. The molecule has 1 saturated heterocycles. The molecule has 1 aliphatic heterocycles. The van der Waals surface area contributed by atoms with E-state index in [1.165, 1.54) is 17.7 Å². The fraction of sp³-hybridized carbons (Fsp3) is 0.556. The van der Waals surface area contributed by atoms with Gasteiger partial charge in [-0.3, -0.25) is 9.69 Å². The van der Waals surface area contributed by atoms with Crippen LogP contribution in [0.4, 0.5) is 5.82 Å². The maximum absolute atomic E-state index is 12.3. The molecule has 1 N–H and O–H groups in total. The molecule has 6 heteroatoms. The lowest BCUT2D eigenvalue weighted by Crippen LogP contribution is -2.39. The first-order chi connectivity index (χ1) is 11.7. The summed E-state index contributed by atoms with van der Waals surface area (Å²) in [6.07, 6.45) is 5.91. The van der Waals surface area contributed by atoms with E-state index in [2.05, 4.69) is 39.6 Å². The summed E-state index contributed by atoms with van der Waals surface area (Å²) >= 11 is 1.79. The van der Waals surface area contributed by atoms with Gasteiger partial charge in [0.1, 0.15) is 0 Å². The lowest BCUT2D eigenvalue weighted by atomic mass is 9.97. The van der Waals surface area contributed by atoms with Crippen LogP contribution in [0.2, 0.25) is 0 Å². The highest BCUT2D eigenvalue weighted by molar-refractivity contribution is 7.10. The Morgan fingerprint density at radius 2 is 2.21 bits per heavy atom. The van der Waals surface area contributed by atoms with Crippen LogP contribution in [0.15, 0.2) is 34.7 Å². The molecular formula is C18H26N4OS. The van der Waals surface area contributed by atoms with E-state index < -0.39 is 0 Å². The molecular weight excluding hydrogens is 320 g/mol. The summed E-state index contributed by atoms with van der Waals surface area (Å²) in [6.45, 7) is 7.91. The van der Waals surface area contributed by atoms with Gasteiger partial charge in [-0.25, -0.2) is 4.98 Å². The van der Waals surface area contributed by atoms with Crippen molar-refractivity contribution in [2.75, 3.05) is 25.0 Å². The van der Waals surface area contributed by atoms with Crippen molar-refractivity contribution in [3.05, 3.63) is 45.1 Å². The van der Waals surface area contributed by atoms with Crippen LogP contribution < -0.4 is 10.9 Å². The zero-order valence-corrected chi connectivity index (χ0v) is 15.3. The van der Waals surface area contributed by atoms with E-state index >= 15 is 0 Å². The molecule has 1 fully saturated rings. The quantitative estimate of drug-likeness (QED) is 0.873. The molecule has 2 aromatic heterocycles. The SMILES string of the molecule is CCn1ccnc(NCC(c2cccs2)N2CCC(C)CC2)c1=O. The Balaban J connectivity index is 1.74. The number of anilines is 1. The minimum atomic E-state index is -0.0443. The van der Waals surface area contributed by atoms with E-state index in [9.17, 15) is 4.79 Å². The van der Waals surface area contributed by atoms with E-state index in [1.54, 1.807) is 28.3 Å². The Kier molecular flexibility index (Phi) is 5.68. The summed E-state index contributed by atoms with van der Waals surface area (Å²) in [5.74, 6) is 1.26. The van der Waals surface area contributed by atoms with Crippen molar-refractivity contribution in [1.29, 1.82) is 0 Å². The van der Waals surface area contributed by atoms with Crippen LogP contribution >= 0.6 is 11.3 Å². The van der Waals surface area contributed by atoms with Crippen molar-refractivity contribution < 1.29 is 0 Å². The summed E-state index contributed by atoms with van der Waals surface area (Å²) in [4.78, 5) is 20.5. The van der Waals surface area contributed by atoms with Crippen molar-refractivity contribution in [3.63, 3.8) is 0 Å². The molecule has 0 spiro atoms. The highest BCUT2D eigenvalue weighted by Gasteiger charge is 2.25. The summed E-state index contributed by atoms with van der Waals surface area (Å²) in [5.41, 5.74) is -0.0443. The van der Waals surface area contributed by atoms with Gasteiger partial charge in [-0.05, 0) is 50.2 Å². The van der Waals surface area contributed by atoms with Gasteiger partial charge in [0, 0.05) is 30.4 Å². The zero-order chi connectivity index (χ0) is 16.9. The molecule has 0 aliphatic carbocycles. The Morgan fingerprint density at radius 3 is 2.88 bits per heavy atom. The van der Waals surface area contributed by atoms with Gasteiger partial charge in [-0.2, -0.15) is 0 Å². The van der Waals surface area contributed by atoms with Crippen LogP contribution in [0.3, 0.4) is 0 Å². The van der Waals surface area contributed by atoms with Gasteiger partial charge in [-0.15, -0.1) is 11.3 Å². The van der Waals surface area contributed by atoms with Crippen molar-refractivity contribution >= 4 is 17.2 Å². The first-order valence-corrected chi connectivity index (χ1v) is 9.63. The maximum Gasteiger partial charge on any atom is 0.293 e. The van der Waals surface area contributed by atoms with Gasteiger partial charge in [0.2, 0.25) is 0 Å². The Labute approximate surface area is 147 Å². The van der Waals surface area contributed by atoms with Gasteiger partial charge in [0.25, 0.3) is 5.56 Å². The molecule has 1 unspecified atom stereocenters. The number of likely N-dealkylation sites (tertiary alicyclic amines) is 1. The third-order valence-electron chi connectivity index (χ3n) is 4.85. The summed E-state index contributed by atoms with van der Waals surface area (Å²) < 4.78 is 1.68. The topological polar surface area (TPSA) is 50.2 Å². The predicted octanol–water partition coefficient (Wildman–Crippen LogP) is 3.21. The van der Waals surface area contributed by atoms with E-state index in [-0.39, 0.29) is 5.56 Å². The third-order valence-corrected chi connectivity index (χ3v) is 5.82. The smallest absolute Gasteiger partial charge is 0.293 e. The van der Waals surface area contributed by atoms with Gasteiger partial charge in [-0.1, -0.05) is 13.0 Å². The molecule has 0 amide bonds. The van der Waals surface area contributed by atoms with Gasteiger partial charge in [0.15, 0.2) is 5.82 Å². The van der Waals surface area contributed by atoms with Gasteiger partial charge < -0.3 is 9.88 Å². The molecule has 0 radical (unpaired) electrons. The summed E-state index contributed by atoms with van der Waals surface area (Å²) in [6, 6.07) is 4.59. The van der Waals surface area contributed by atoms with Crippen LogP contribution in [0.5, 0.6) is 0 Å². The molecule has 3 heterocycles. The van der Waals surface area contributed by atoms with Crippen molar-refractivity contribution in [2.24, 2.45) is 5.92 Å². The van der Waals surface area contributed by atoms with Gasteiger partial charge in [0.05, 0.1) is 6.04 Å². The molecule has 1 aliphatic rings. The number of nitrogens with one attached hydrogen (secondary N) is 1. The minimum absolute atomic E-state index is 0.0443. The Morgan fingerprint density at radius 1 is 1.42 bits per heavy atom. The monoisotopic (exact) mass is 346 g/mol. The standard InChI is InChI=1S/C18H26N4OS/c1-3-21-11-8-19-17(18(21)23)20-13-15(16-5-4-12-24-16)22-9-6-14(2)7-10-22/h4-5,8,11-12,14-15H,3,6-7,9-10,13H2,1-2H3,(H,19,20). The molecule has 2 aromatic rings. The van der Waals surface area contributed by atoms with Crippen LogP contribution in [-0.4, -0.2) is 34.1 Å². The van der Waals surface area contributed by atoms with Crippen LogP contribution in [0.1, 0.15) is 37.6 Å². The third kappa shape index (κ3) is 3.87. The number of rotatable bonds is 6. The molecule has 24 heavy (non-hydrogen) atoms. The number of piperidine rings is 1. The number of hydrogen-bond acceptors (Lipinski definition) is 5. The second kappa shape index (κ2) is 7.94. The number of thiophene rings is 1. The number of nitrogens with zero attached hydrogens (tertiary/aromatic N) is 3. The molecule has 3 rings (SSSR count). The molecule has 0 saturated carbocycles. The normalized spacial score (nSPS) is 17.8.